The highest BCUT2D eigenvalue weighted by atomic mass is 35.5. The Morgan fingerprint density at radius 2 is 1.89 bits per heavy atom. The second-order valence-corrected chi connectivity index (χ2v) is 6.04. The lowest BCUT2D eigenvalue weighted by Crippen LogP contribution is -2.50. The fourth-order valence-electron chi connectivity index (χ4n) is 2.60. The third-order valence-corrected chi connectivity index (χ3v) is 4.37. The van der Waals surface area contributed by atoms with Crippen LogP contribution in [0.25, 0.3) is 0 Å². The molecule has 0 heterocycles. The molecule has 0 amide bonds. The summed E-state index contributed by atoms with van der Waals surface area (Å²) in [5, 5.41) is 14.0. The average molecular weight is 268 g/mol. The molecule has 1 saturated carbocycles. The van der Waals surface area contributed by atoms with Crippen molar-refractivity contribution in [3.8, 4) is 0 Å². The normalized spacial score (nSPS) is 28.3. The Kier molecular flexibility index (Phi) is 4.66. The average Bonchev–Trinajstić information content (AvgIpc) is 2.41. The van der Waals surface area contributed by atoms with Crippen LogP contribution in [0.15, 0.2) is 24.3 Å². The summed E-state index contributed by atoms with van der Waals surface area (Å²) < 4.78 is 0. The molecular weight excluding hydrogens is 246 g/mol. The van der Waals surface area contributed by atoms with Gasteiger partial charge in [-0.3, -0.25) is 0 Å². The zero-order valence-electron chi connectivity index (χ0n) is 11.0. The lowest BCUT2D eigenvalue weighted by atomic mass is 9.77. The van der Waals surface area contributed by atoms with Gasteiger partial charge >= 0.3 is 0 Å². The molecule has 0 bridgehead atoms. The van der Waals surface area contributed by atoms with Gasteiger partial charge in [-0.25, -0.2) is 0 Å². The van der Waals surface area contributed by atoms with E-state index in [0.29, 0.717) is 0 Å². The molecule has 1 aliphatic rings. The van der Waals surface area contributed by atoms with E-state index in [-0.39, 0.29) is 12.1 Å². The van der Waals surface area contributed by atoms with Gasteiger partial charge in [-0.2, -0.15) is 0 Å². The number of rotatable bonds is 4. The molecule has 0 spiro atoms. The summed E-state index contributed by atoms with van der Waals surface area (Å²) >= 11 is 5.87. The quantitative estimate of drug-likeness (QED) is 0.877. The van der Waals surface area contributed by atoms with Gasteiger partial charge in [-0.15, -0.1) is 0 Å². The molecule has 0 aliphatic heterocycles. The Morgan fingerprint density at radius 3 is 2.44 bits per heavy atom. The minimum Gasteiger partial charge on any atom is -0.394 e. The second-order valence-electron chi connectivity index (χ2n) is 5.60. The molecule has 1 aromatic rings. The first-order valence-corrected chi connectivity index (χ1v) is 7.12. The van der Waals surface area contributed by atoms with Crippen molar-refractivity contribution in [2.45, 2.75) is 44.7 Å². The van der Waals surface area contributed by atoms with E-state index in [2.05, 4.69) is 12.2 Å². The van der Waals surface area contributed by atoms with Gasteiger partial charge in [-0.1, -0.05) is 30.7 Å². The molecule has 0 saturated heterocycles. The number of nitrogens with one attached hydrogen (secondary N) is 1. The molecule has 0 unspecified atom stereocenters. The van der Waals surface area contributed by atoms with E-state index >= 15 is 0 Å². The van der Waals surface area contributed by atoms with Crippen molar-refractivity contribution in [1.29, 1.82) is 0 Å². The van der Waals surface area contributed by atoms with Crippen LogP contribution in [0.2, 0.25) is 5.02 Å². The van der Waals surface area contributed by atoms with Crippen LogP contribution in [-0.2, 0) is 6.54 Å². The molecular formula is C15H22ClNO. The number of hydrogen-bond acceptors (Lipinski definition) is 2. The predicted molar refractivity (Wildman–Crippen MR) is 75.7 cm³/mol. The summed E-state index contributed by atoms with van der Waals surface area (Å²) in [6.07, 6.45) is 4.54. The van der Waals surface area contributed by atoms with E-state index in [1.165, 1.54) is 18.4 Å². The van der Waals surface area contributed by atoms with E-state index in [1.807, 2.05) is 24.3 Å². The van der Waals surface area contributed by atoms with Gasteiger partial charge in [0, 0.05) is 17.1 Å². The Morgan fingerprint density at radius 1 is 1.28 bits per heavy atom. The molecule has 2 N–H and O–H groups in total. The van der Waals surface area contributed by atoms with E-state index < -0.39 is 0 Å². The van der Waals surface area contributed by atoms with Crippen LogP contribution in [-0.4, -0.2) is 17.3 Å². The van der Waals surface area contributed by atoms with Crippen LogP contribution < -0.4 is 5.32 Å². The highest BCUT2D eigenvalue weighted by Gasteiger charge is 2.32. The summed E-state index contributed by atoms with van der Waals surface area (Å²) in [5.74, 6) is 0.794. The predicted octanol–water partition coefficient (Wildman–Crippen LogP) is 3.37. The van der Waals surface area contributed by atoms with Crippen LogP contribution in [0.3, 0.4) is 0 Å². The standard InChI is InChI=1S/C15H22ClNO/c1-12-6-8-15(11-18,9-7-12)17-10-13-2-4-14(16)5-3-13/h2-5,12,17-18H,6-11H2,1H3. The maximum atomic E-state index is 9.67. The van der Waals surface area contributed by atoms with Crippen molar-refractivity contribution < 1.29 is 5.11 Å². The van der Waals surface area contributed by atoms with Crippen LogP contribution in [0.4, 0.5) is 0 Å². The monoisotopic (exact) mass is 267 g/mol. The molecule has 0 atom stereocenters. The van der Waals surface area contributed by atoms with Crippen LogP contribution in [0.1, 0.15) is 38.2 Å². The second kappa shape index (κ2) is 6.05. The molecule has 3 heteroatoms. The highest BCUT2D eigenvalue weighted by molar-refractivity contribution is 6.30. The molecule has 2 nitrogen and oxygen atoms in total. The molecule has 1 aromatic carbocycles. The Bertz CT molecular complexity index is 369. The molecule has 100 valence electrons. The largest absolute Gasteiger partial charge is 0.394 e. The maximum absolute atomic E-state index is 9.67. The number of aliphatic hydroxyl groups excluding tert-OH is 1. The number of hydrogen-bond donors (Lipinski definition) is 2. The van der Waals surface area contributed by atoms with Gasteiger partial charge in [0.1, 0.15) is 0 Å². The van der Waals surface area contributed by atoms with Crippen molar-refractivity contribution in [3.05, 3.63) is 34.9 Å². The number of benzene rings is 1. The fourth-order valence-corrected chi connectivity index (χ4v) is 2.72. The van der Waals surface area contributed by atoms with Gasteiger partial charge in [0.25, 0.3) is 0 Å². The zero-order chi connectivity index (χ0) is 13.0. The van der Waals surface area contributed by atoms with Gasteiger partial charge in [-0.05, 0) is 49.3 Å². The van der Waals surface area contributed by atoms with Gasteiger partial charge in [0.05, 0.1) is 6.61 Å². The first-order valence-electron chi connectivity index (χ1n) is 6.74. The highest BCUT2D eigenvalue weighted by Crippen LogP contribution is 2.31. The van der Waals surface area contributed by atoms with Gasteiger partial charge < -0.3 is 10.4 Å². The van der Waals surface area contributed by atoms with Crippen molar-refractivity contribution in [3.63, 3.8) is 0 Å². The summed E-state index contributed by atoms with van der Waals surface area (Å²) in [5.41, 5.74) is 1.14. The number of halogens is 1. The summed E-state index contributed by atoms with van der Waals surface area (Å²) in [6.45, 7) is 3.32. The SMILES string of the molecule is CC1CCC(CO)(NCc2ccc(Cl)cc2)CC1. The minimum absolute atomic E-state index is 0.0772. The van der Waals surface area contributed by atoms with Crippen molar-refractivity contribution in [2.24, 2.45) is 5.92 Å². The smallest absolute Gasteiger partial charge is 0.0613 e. The lowest BCUT2D eigenvalue weighted by Gasteiger charge is -2.39. The van der Waals surface area contributed by atoms with E-state index in [1.54, 1.807) is 0 Å². The maximum Gasteiger partial charge on any atom is 0.0613 e. The first kappa shape index (κ1) is 13.9. The molecule has 1 aliphatic carbocycles. The topological polar surface area (TPSA) is 32.3 Å². The lowest BCUT2D eigenvalue weighted by molar-refractivity contribution is 0.104. The van der Waals surface area contributed by atoms with Gasteiger partial charge in [0.2, 0.25) is 0 Å². The third kappa shape index (κ3) is 3.47. The van der Waals surface area contributed by atoms with Crippen LogP contribution >= 0.6 is 11.6 Å². The van der Waals surface area contributed by atoms with Crippen molar-refractivity contribution >= 4 is 11.6 Å². The van der Waals surface area contributed by atoms with Crippen LogP contribution in [0.5, 0.6) is 0 Å². The third-order valence-electron chi connectivity index (χ3n) is 4.11. The Labute approximate surface area is 114 Å². The zero-order valence-corrected chi connectivity index (χ0v) is 11.7. The summed E-state index contributed by atoms with van der Waals surface area (Å²) in [4.78, 5) is 0. The van der Waals surface area contributed by atoms with Crippen molar-refractivity contribution in [2.75, 3.05) is 6.61 Å². The van der Waals surface area contributed by atoms with Crippen LogP contribution in [0, 0.1) is 5.92 Å². The summed E-state index contributed by atoms with van der Waals surface area (Å²) in [6, 6.07) is 7.89. The summed E-state index contributed by atoms with van der Waals surface area (Å²) in [7, 11) is 0. The molecule has 2 rings (SSSR count). The number of aliphatic hydroxyl groups is 1. The van der Waals surface area contributed by atoms with Crippen molar-refractivity contribution in [1.82, 2.24) is 5.32 Å². The Balaban J connectivity index is 1.92. The van der Waals surface area contributed by atoms with E-state index in [4.69, 9.17) is 11.6 Å². The molecule has 1 fully saturated rings. The Hall–Kier alpha value is -0.570. The fraction of sp³-hybridized carbons (Fsp3) is 0.600. The van der Waals surface area contributed by atoms with E-state index in [9.17, 15) is 5.11 Å². The van der Waals surface area contributed by atoms with Gasteiger partial charge in [0.15, 0.2) is 0 Å². The first-order chi connectivity index (χ1) is 8.63. The minimum atomic E-state index is -0.0772. The molecule has 0 radical (unpaired) electrons. The van der Waals surface area contributed by atoms with E-state index in [0.717, 1.165) is 30.3 Å². The molecule has 18 heavy (non-hydrogen) atoms. The molecule has 0 aromatic heterocycles.